The van der Waals surface area contributed by atoms with Crippen molar-refractivity contribution in [3.8, 4) is 23.0 Å². The number of nitrogens with one attached hydrogen (secondary N) is 6. The summed E-state index contributed by atoms with van der Waals surface area (Å²) >= 11 is 0. The highest BCUT2D eigenvalue weighted by Gasteiger charge is 2.48. The lowest BCUT2D eigenvalue weighted by molar-refractivity contribution is -0.118. The maximum atomic E-state index is 13.4. The van der Waals surface area contributed by atoms with Crippen molar-refractivity contribution in [1.82, 2.24) is 60.0 Å². The molecule has 0 unspecified atom stereocenters. The van der Waals surface area contributed by atoms with Crippen LogP contribution in [0.1, 0.15) is 201 Å². The van der Waals surface area contributed by atoms with Crippen LogP contribution in [0.25, 0.3) is 33.1 Å². The average Bonchev–Trinajstić information content (AvgIpc) is 0.780. The van der Waals surface area contributed by atoms with Crippen LogP contribution < -0.4 is 56.6 Å². The van der Waals surface area contributed by atoms with Crippen LogP contribution in [0, 0.1) is 0 Å². The number of halogens is 6. The van der Waals surface area contributed by atoms with Crippen molar-refractivity contribution < 1.29 is 79.2 Å². The molecule has 3 aliphatic rings. The molecule has 11 rings (SSSR count). The Hall–Kier alpha value is -11.1. The van der Waals surface area contributed by atoms with Crippen molar-refractivity contribution in [3.05, 3.63) is 101 Å². The Morgan fingerprint density at radius 2 is 0.819 bits per heavy atom. The number of nitrogen functional groups attached to an aromatic ring is 1. The summed E-state index contributed by atoms with van der Waals surface area (Å²) in [6.07, 6.45) is 15.5. The largest absolute Gasteiger partial charge is 0.497 e. The molecule has 8 aromatic rings. The number of pyridine rings is 3. The normalized spacial score (nSPS) is 15.7. The van der Waals surface area contributed by atoms with E-state index in [0.717, 1.165) is 78.7 Å². The number of Topliss-reactive ketones (excluding diaryl/α,β-unsaturated/α-hetero) is 3. The van der Waals surface area contributed by atoms with E-state index in [9.17, 15) is 60.2 Å². The fourth-order valence-electron chi connectivity index (χ4n) is 12.8. The Bertz CT molecular complexity index is 4780. The third-order valence-electron chi connectivity index (χ3n) is 19.9. The molecule has 3 saturated heterocycles. The van der Waals surface area contributed by atoms with E-state index in [1.165, 1.54) is 30.7 Å². The third kappa shape index (κ3) is 25.7. The number of nitrogens with zero attached hydrogens (tertiary/aromatic N) is 11. The Kier molecular flexibility index (Phi) is 31.1. The van der Waals surface area contributed by atoms with Gasteiger partial charge in [-0.25, -0.2) is 61.0 Å². The van der Waals surface area contributed by atoms with Gasteiger partial charge in [0.05, 0.1) is 101 Å². The van der Waals surface area contributed by atoms with Crippen molar-refractivity contribution in [3.63, 3.8) is 0 Å². The lowest BCUT2D eigenvalue weighted by atomic mass is 9.89. The number of amides is 2. The smallest absolute Gasteiger partial charge is 0.337 e. The molecular formula is C81H106F6N18O11. The van der Waals surface area contributed by atoms with Crippen LogP contribution in [0.4, 0.5) is 61.6 Å². The number of carboxylic acids is 1. The molecule has 29 nitrogen and oxygen atoms in total. The molecule has 3 atom stereocenters. The van der Waals surface area contributed by atoms with Gasteiger partial charge in [-0.3, -0.25) is 9.59 Å². The van der Waals surface area contributed by atoms with Gasteiger partial charge in [-0.1, -0.05) is 59.3 Å². The van der Waals surface area contributed by atoms with Crippen LogP contribution >= 0.6 is 0 Å². The topological polar surface area (TPSA) is 380 Å². The van der Waals surface area contributed by atoms with Gasteiger partial charge in [0.25, 0.3) is 29.6 Å². The van der Waals surface area contributed by atoms with Crippen molar-refractivity contribution in [2.24, 2.45) is 0 Å². The molecule has 116 heavy (non-hydrogen) atoms. The maximum absolute atomic E-state index is 13.4. The van der Waals surface area contributed by atoms with Crippen molar-refractivity contribution in [2.45, 2.75) is 206 Å². The predicted molar refractivity (Wildman–Crippen MR) is 431 cm³/mol. The number of nitrogens with two attached hydrogens (primary N) is 1. The first-order chi connectivity index (χ1) is 54.8. The van der Waals surface area contributed by atoms with Gasteiger partial charge < -0.3 is 85.9 Å². The van der Waals surface area contributed by atoms with E-state index >= 15 is 0 Å². The van der Waals surface area contributed by atoms with Gasteiger partial charge in [0.1, 0.15) is 56.9 Å². The van der Waals surface area contributed by atoms with Crippen LogP contribution in [0.15, 0.2) is 73.2 Å². The summed E-state index contributed by atoms with van der Waals surface area (Å²) in [5, 5.41) is 28.8. The fraction of sp³-hybridized carbons (Fsp3) is 0.519. The molecule has 2 aromatic carbocycles. The standard InChI is InChI=1S/C30H38F2N6O4.C27H35N5O5.C21H28F2N6O2.C3H5F2N/c1-6-7-11-29(3,12-10-19(2)39)37-26-25-23(13-21(16-33-25)27(40)38-17-30(31,32)18-38)35-28(36-26)34-15-20-8-9-22(41-4)14-24(20)42-5;1-6-7-11-27(3,12-10-17(2)33)32-24-23-21(13-19(16-28-23)25(34)35)30-26(31-24)29-15-18-8-9-20(36-4)14-22(18)37-5;1-4-5-7-20(3,8-6-13(2)30)28-17-16-15(26-19(24)27-17)9-14(10-25-16)18(31)29-11-21(22,23)12-29;4-3(5)1-6-2-3/h8-9,13-14,16H,6-7,10-12,15,17-18H2,1-5H3,(H2,34,35,36,37);8-9,13-14,16H,6-7,10-12,15H2,1-5H3,(H,34,35)(H2,29,30,31,32);9-10H,4-8,11-12H2,1-3H3,(H3,24,26,27,28);6H,1-2H2/t29-;27-;20-;/m111./s1. The summed E-state index contributed by atoms with van der Waals surface area (Å²) in [4.78, 5) is 114. The number of likely N-dealkylation sites (tertiary alicyclic amines) is 2. The molecule has 35 heteroatoms. The molecule has 0 bridgehead atoms. The van der Waals surface area contributed by atoms with E-state index in [-0.39, 0.29) is 59.0 Å². The summed E-state index contributed by atoms with van der Waals surface area (Å²) in [6, 6.07) is 15.5. The number of methoxy groups -OCH3 is 4. The van der Waals surface area contributed by atoms with Crippen molar-refractivity contribution in [1.29, 1.82) is 0 Å². The number of hydrogen-bond donors (Lipinski definition) is 8. The lowest BCUT2D eigenvalue weighted by Gasteiger charge is -2.38. The first kappa shape index (κ1) is 90.4. The Labute approximate surface area is 670 Å². The summed E-state index contributed by atoms with van der Waals surface area (Å²) < 4.78 is 97.5. The highest BCUT2D eigenvalue weighted by molar-refractivity contribution is 6.00. The van der Waals surface area contributed by atoms with Gasteiger partial charge in [-0.15, -0.1) is 0 Å². The molecule has 2 amide bonds. The second kappa shape index (κ2) is 40.0. The Balaban J connectivity index is 0.000000211. The summed E-state index contributed by atoms with van der Waals surface area (Å²) in [7, 11) is 6.33. The summed E-state index contributed by atoms with van der Waals surface area (Å²) in [5.74, 6) is -5.39. The van der Waals surface area contributed by atoms with Gasteiger partial charge in [0.2, 0.25) is 17.8 Å². The monoisotopic (exact) mass is 1620 g/mol. The van der Waals surface area contributed by atoms with Crippen LogP contribution in [0.5, 0.6) is 23.0 Å². The molecule has 9 heterocycles. The van der Waals surface area contributed by atoms with E-state index in [0.29, 0.717) is 131 Å². The molecule has 9 N–H and O–H groups in total. The minimum absolute atomic E-state index is 0.00120. The maximum Gasteiger partial charge on any atom is 0.337 e. The first-order valence-electron chi connectivity index (χ1n) is 38.5. The molecule has 628 valence electrons. The molecule has 6 aromatic heterocycles. The van der Waals surface area contributed by atoms with E-state index in [2.05, 4.69) is 101 Å². The fourth-order valence-corrected chi connectivity index (χ4v) is 12.8. The molecule has 0 radical (unpaired) electrons. The number of rotatable bonds is 37. The number of benzene rings is 2. The average molecular weight is 1620 g/mol. The Morgan fingerprint density at radius 3 is 1.12 bits per heavy atom. The molecule has 3 fully saturated rings. The zero-order chi connectivity index (χ0) is 84.9. The molecular weight excluding hydrogens is 1510 g/mol. The van der Waals surface area contributed by atoms with Gasteiger partial charge in [-0.05, 0) is 123 Å². The number of hydrogen-bond acceptors (Lipinski definition) is 26. The minimum Gasteiger partial charge on any atom is -0.497 e. The summed E-state index contributed by atoms with van der Waals surface area (Å²) in [6.45, 7) is 15.2. The Morgan fingerprint density at radius 1 is 0.483 bits per heavy atom. The number of aromatic nitrogens is 9. The first-order valence-corrected chi connectivity index (χ1v) is 38.5. The number of carboxylic acid groups (broad SMARTS) is 1. The van der Waals surface area contributed by atoms with Crippen molar-refractivity contribution >= 4 is 104 Å². The van der Waals surface area contributed by atoms with E-state index in [1.54, 1.807) is 67.4 Å². The number of carbonyl (C=O) groups is 6. The van der Waals surface area contributed by atoms with Crippen LogP contribution in [-0.4, -0.2) is 197 Å². The van der Waals surface area contributed by atoms with Gasteiger partial charge in [0.15, 0.2) is 17.5 Å². The number of fused-ring (bicyclic) bond motifs is 3. The molecule has 0 spiro atoms. The van der Waals surface area contributed by atoms with Gasteiger partial charge in [-0.2, -0.15) is 15.0 Å². The number of carbonyl (C=O) groups excluding carboxylic acids is 5. The van der Waals surface area contributed by atoms with Crippen molar-refractivity contribution in [2.75, 3.05) is 100 Å². The highest BCUT2D eigenvalue weighted by atomic mass is 19.3. The second-order valence-electron chi connectivity index (χ2n) is 30.3. The third-order valence-corrected chi connectivity index (χ3v) is 19.9. The summed E-state index contributed by atoms with van der Waals surface area (Å²) in [5.41, 5.74) is 9.10. The van der Waals surface area contributed by atoms with Gasteiger partial charge in [0, 0.05) is 90.8 Å². The zero-order valence-electron chi connectivity index (χ0n) is 68.0. The van der Waals surface area contributed by atoms with Crippen LogP contribution in [-0.2, 0) is 27.5 Å². The van der Waals surface area contributed by atoms with Crippen LogP contribution in [0.2, 0.25) is 0 Å². The molecule has 0 saturated carbocycles. The molecule has 3 aliphatic heterocycles. The number of aromatic carboxylic acids is 1. The molecule has 0 aliphatic carbocycles. The zero-order valence-corrected chi connectivity index (χ0v) is 68.0. The number of ketones is 3. The van der Waals surface area contributed by atoms with Gasteiger partial charge >= 0.3 is 5.97 Å². The highest BCUT2D eigenvalue weighted by Crippen LogP contribution is 2.37. The van der Waals surface area contributed by atoms with E-state index in [1.807, 2.05) is 31.2 Å². The predicted octanol–water partition coefficient (Wildman–Crippen LogP) is 14.2. The minimum atomic E-state index is -2.87. The van der Waals surface area contributed by atoms with E-state index in [4.69, 9.17) is 34.6 Å². The lowest BCUT2D eigenvalue weighted by Crippen LogP contribution is -2.58. The quantitative estimate of drug-likeness (QED) is 0.0168. The number of ether oxygens (including phenoxy) is 4. The second-order valence-corrected chi connectivity index (χ2v) is 30.3. The van der Waals surface area contributed by atoms with Crippen LogP contribution in [0.3, 0.4) is 0 Å². The van der Waals surface area contributed by atoms with E-state index < -0.39 is 78.3 Å². The SMILES string of the molecule is CCCC[C@](C)(CCC(C)=O)Nc1nc(N)nc2cc(C(=O)N3CC(F)(F)C3)cnc12.CCCC[C@](C)(CCC(C)=O)Nc1nc(NCc2ccc(OC)cc2OC)nc2cc(C(=O)N3CC(F)(F)C3)cnc12.CCCC[C@](C)(CCC(C)=O)Nc1nc(NCc2ccc(OC)cc2OC)nc2cc(C(=O)O)cnc12.FC1(F)CNC1. The number of anilines is 6. The number of alkyl halides is 6. The number of unbranched alkanes of at least 4 members (excludes halogenated alkanes) is 3.